The van der Waals surface area contributed by atoms with Gasteiger partial charge in [-0.2, -0.15) is 0 Å². The highest BCUT2D eigenvalue weighted by Crippen LogP contribution is 2.27. The average Bonchev–Trinajstić information content (AvgIpc) is 2.49. The third-order valence-electron chi connectivity index (χ3n) is 4.67. The molecule has 1 aromatic carbocycles. The van der Waals surface area contributed by atoms with Crippen LogP contribution < -0.4 is 5.32 Å². The van der Waals surface area contributed by atoms with Crippen molar-refractivity contribution in [1.82, 2.24) is 5.32 Å². The van der Waals surface area contributed by atoms with Gasteiger partial charge in [-0.1, -0.05) is 37.6 Å². The molecule has 20 heavy (non-hydrogen) atoms. The monoisotopic (exact) mass is 273 g/mol. The lowest BCUT2D eigenvalue weighted by atomic mass is 9.88. The van der Waals surface area contributed by atoms with Gasteiger partial charge in [0, 0.05) is 6.54 Å². The molecule has 0 amide bonds. The van der Waals surface area contributed by atoms with Gasteiger partial charge in [-0.25, -0.2) is 0 Å². The third-order valence-corrected chi connectivity index (χ3v) is 4.67. The maximum absolute atomic E-state index is 12.3. The number of fused-ring (bicyclic) bond motifs is 1. The van der Waals surface area contributed by atoms with E-state index in [2.05, 4.69) is 24.4 Å². The first-order valence-corrected chi connectivity index (χ1v) is 7.74. The number of esters is 1. The van der Waals surface area contributed by atoms with Crippen molar-refractivity contribution in [3.8, 4) is 0 Å². The third kappa shape index (κ3) is 2.88. The Balaban J connectivity index is 1.61. The van der Waals surface area contributed by atoms with Crippen LogP contribution in [0.15, 0.2) is 24.3 Å². The molecule has 1 aliphatic carbocycles. The highest BCUT2D eigenvalue weighted by molar-refractivity contribution is 5.77. The van der Waals surface area contributed by atoms with Gasteiger partial charge in [-0.05, 0) is 42.7 Å². The number of hydrogen-bond acceptors (Lipinski definition) is 3. The predicted octanol–water partition coefficient (Wildman–Crippen LogP) is 2.82. The van der Waals surface area contributed by atoms with Crippen LogP contribution in [-0.4, -0.2) is 18.1 Å². The van der Waals surface area contributed by atoms with Crippen LogP contribution in [-0.2, 0) is 22.5 Å². The lowest BCUT2D eigenvalue weighted by Crippen LogP contribution is -2.44. The topological polar surface area (TPSA) is 38.3 Å². The van der Waals surface area contributed by atoms with E-state index in [1.165, 1.54) is 30.4 Å². The smallest absolute Gasteiger partial charge is 0.323 e. The fourth-order valence-electron chi connectivity index (χ4n) is 3.31. The number of ether oxygens (including phenoxy) is 1. The molecule has 1 saturated carbocycles. The summed E-state index contributed by atoms with van der Waals surface area (Å²) in [4.78, 5) is 12.3. The summed E-state index contributed by atoms with van der Waals surface area (Å²) in [6.45, 7) is 2.96. The minimum Gasteiger partial charge on any atom is -0.461 e. The molecule has 3 heteroatoms. The fraction of sp³-hybridized carbons (Fsp3) is 0.588. The molecule has 0 saturated heterocycles. The molecule has 1 heterocycles. The number of benzene rings is 1. The molecule has 1 aliphatic heterocycles. The number of carbonyl (C=O) groups excluding carboxylic acids is 1. The summed E-state index contributed by atoms with van der Waals surface area (Å²) < 4.78 is 5.76. The second-order valence-electron chi connectivity index (χ2n) is 6.14. The largest absolute Gasteiger partial charge is 0.461 e. The zero-order chi connectivity index (χ0) is 13.9. The number of rotatable bonds is 2. The van der Waals surface area contributed by atoms with E-state index in [0.717, 1.165) is 19.4 Å². The summed E-state index contributed by atoms with van der Waals surface area (Å²) in [7, 11) is 0. The van der Waals surface area contributed by atoms with Crippen LogP contribution in [0.2, 0.25) is 0 Å². The molecule has 2 unspecified atom stereocenters. The van der Waals surface area contributed by atoms with E-state index in [4.69, 9.17) is 4.74 Å². The number of nitrogens with one attached hydrogen (secondary N) is 1. The Morgan fingerprint density at radius 3 is 2.75 bits per heavy atom. The van der Waals surface area contributed by atoms with E-state index >= 15 is 0 Å². The Morgan fingerprint density at radius 1 is 1.20 bits per heavy atom. The minimum atomic E-state index is -0.181. The van der Waals surface area contributed by atoms with Crippen LogP contribution in [0.4, 0.5) is 0 Å². The van der Waals surface area contributed by atoms with Gasteiger partial charge in [-0.3, -0.25) is 4.79 Å². The summed E-state index contributed by atoms with van der Waals surface area (Å²) in [6.07, 6.45) is 5.52. The number of hydrogen-bond donors (Lipinski definition) is 1. The molecule has 1 fully saturated rings. The maximum atomic E-state index is 12.3. The molecule has 1 aromatic rings. The summed E-state index contributed by atoms with van der Waals surface area (Å²) in [6, 6.07) is 8.13. The maximum Gasteiger partial charge on any atom is 0.323 e. The van der Waals surface area contributed by atoms with Crippen LogP contribution in [0, 0.1) is 5.92 Å². The van der Waals surface area contributed by atoms with E-state index in [9.17, 15) is 4.79 Å². The highest BCUT2D eigenvalue weighted by atomic mass is 16.5. The molecule has 108 valence electrons. The first-order chi connectivity index (χ1) is 9.74. The van der Waals surface area contributed by atoms with Gasteiger partial charge in [0.15, 0.2) is 0 Å². The standard InChI is InChI=1S/C17H23NO2/c1-12-6-2-5-9-16(12)20-17(19)15-10-13-7-3-4-8-14(13)11-18-15/h3-4,7-8,12,15-16,18H,2,5-6,9-11H2,1H3/t12?,15-,16?/m1/s1. The van der Waals surface area contributed by atoms with Crippen molar-refractivity contribution < 1.29 is 9.53 Å². The van der Waals surface area contributed by atoms with Crippen LogP contribution in [0.25, 0.3) is 0 Å². The van der Waals surface area contributed by atoms with Crippen LogP contribution in [0.3, 0.4) is 0 Å². The Bertz CT molecular complexity index is 486. The van der Waals surface area contributed by atoms with E-state index in [-0.39, 0.29) is 18.1 Å². The van der Waals surface area contributed by atoms with Gasteiger partial charge in [0.2, 0.25) is 0 Å². The van der Waals surface area contributed by atoms with E-state index in [1.54, 1.807) is 0 Å². The SMILES string of the molecule is CC1CCCCC1OC(=O)[C@H]1Cc2ccccc2CN1. The predicted molar refractivity (Wildman–Crippen MR) is 78.3 cm³/mol. The van der Waals surface area contributed by atoms with E-state index in [1.807, 2.05) is 12.1 Å². The second-order valence-corrected chi connectivity index (χ2v) is 6.14. The summed E-state index contributed by atoms with van der Waals surface area (Å²) in [5.41, 5.74) is 2.56. The second kappa shape index (κ2) is 5.96. The van der Waals surface area contributed by atoms with Crippen molar-refractivity contribution in [2.45, 2.75) is 57.7 Å². The summed E-state index contributed by atoms with van der Waals surface area (Å²) in [5.74, 6) is 0.432. The fourth-order valence-corrected chi connectivity index (χ4v) is 3.31. The molecule has 0 radical (unpaired) electrons. The Labute approximate surface area is 120 Å². The lowest BCUT2D eigenvalue weighted by molar-refractivity contribution is -0.156. The van der Waals surface area contributed by atoms with E-state index in [0.29, 0.717) is 5.92 Å². The summed E-state index contributed by atoms with van der Waals surface area (Å²) >= 11 is 0. The van der Waals surface area contributed by atoms with Crippen LogP contribution in [0.1, 0.15) is 43.7 Å². The zero-order valence-electron chi connectivity index (χ0n) is 12.1. The van der Waals surface area contributed by atoms with Gasteiger partial charge < -0.3 is 10.1 Å². The quantitative estimate of drug-likeness (QED) is 0.842. The normalized spacial score (nSPS) is 29.6. The molecule has 0 aromatic heterocycles. The summed E-state index contributed by atoms with van der Waals surface area (Å²) in [5, 5.41) is 3.30. The van der Waals surface area contributed by atoms with Gasteiger partial charge >= 0.3 is 5.97 Å². The Kier molecular flexibility index (Phi) is 4.06. The van der Waals surface area contributed by atoms with Gasteiger partial charge in [0.05, 0.1) is 0 Å². The van der Waals surface area contributed by atoms with Crippen molar-refractivity contribution in [1.29, 1.82) is 0 Å². The minimum absolute atomic E-state index is 0.0711. The van der Waals surface area contributed by atoms with Crippen molar-refractivity contribution in [3.05, 3.63) is 35.4 Å². The Morgan fingerprint density at radius 2 is 1.95 bits per heavy atom. The van der Waals surface area contributed by atoms with Crippen molar-refractivity contribution in [2.24, 2.45) is 5.92 Å². The first kappa shape index (κ1) is 13.6. The van der Waals surface area contributed by atoms with Crippen molar-refractivity contribution in [3.63, 3.8) is 0 Å². The molecule has 3 nitrogen and oxygen atoms in total. The zero-order valence-corrected chi connectivity index (χ0v) is 12.1. The first-order valence-electron chi connectivity index (χ1n) is 7.74. The lowest BCUT2D eigenvalue weighted by Gasteiger charge is -2.31. The van der Waals surface area contributed by atoms with Gasteiger partial charge in [0.1, 0.15) is 12.1 Å². The average molecular weight is 273 g/mol. The van der Waals surface area contributed by atoms with Gasteiger partial charge in [0.25, 0.3) is 0 Å². The van der Waals surface area contributed by atoms with Gasteiger partial charge in [-0.15, -0.1) is 0 Å². The molecule has 3 rings (SSSR count). The highest BCUT2D eigenvalue weighted by Gasteiger charge is 2.30. The molecule has 0 bridgehead atoms. The molecular formula is C17H23NO2. The molecular weight excluding hydrogens is 250 g/mol. The van der Waals surface area contributed by atoms with E-state index < -0.39 is 0 Å². The molecule has 2 aliphatic rings. The van der Waals surface area contributed by atoms with Crippen molar-refractivity contribution in [2.75, 3.05) is 0 Å². The molecule has 1 N–H and O–H groups in total. The Hall–Kier alpha value is -1.35. The van der Waals surface area contributed by atoms with Crippen molar-refractivity contribution >= 4 is 5.97 Å². The molecule has 0 spiro atoms. The number of carbonyl (C=O) groups is 1. The van der Waals surface area contributed by atoms with Crippen LogP contribution in [0.5, 0.6) is 0 Å². The molecule has 3 atom stereocenters. The van der Waals surface area contributed by atoms with Crippen LogP contribution >= 0.6 is 0 Å².